The highest BCUT2D eigenvalue weighted by atomic mass is 35.5. The Morgan fingerprint density at radius 3 is 2.42 bits per heavy atom. The maximum absolute atomic E-state index is 12.5. The maximum Gasteiger partial charge on any atom is 0.417 e. The lowest BCUT2D eigenvalue weighted by Gasteiger charge is -2.08. The fraction of sp³-hybridized carbons (Fsp3) is 0.143. The van der Waals surface area contributed by atoms with Crippen molar-refractivity contribution in [2.75, 3.05) is 5.43 Å². The molecule has 10 heteroatoms. The van der Waals surface area contributed by atoms with Gasteiger partial charge in [0.2, 0.25) is 0 Å². The summed E-state index contributed by atoms with van der Waals surface area (Å²) in [4.78, 5) is 3.54. The van der Waals surface area contributed by atoms with E-state index in [1.165, 1.54) is 30.5 Å². The van der Waals surface area contributed by atoms with Crippen molar-refractivity contribution in [1.82, 2.24) is 4.98 Å². The van der Waals surface area contributed by atoms with Crippen molar-refractivity contribution in [1.29, 1.82) is 0 Å². The molecule has 2 rings (SSSR count). The summed E-state index contributed by atoms with van der Waals surface area (Å²) in [5, 5.41) is 3.52. The Kier molecular flexibility index (Phi) is 5.55. The second-order valence-corrected chi connectivity index (χ2v) is 4.78. The number of aromatic nitrogens is 1. The first-order chi connectivity index (χ1) is 11.3. The van der Waals surface area contributed by atoms with Gasteiger partial charge in [-0.15, -0.1) is 0 Å². The van der Waals surface area contributed by atoms with Crippen LogP contribution in [0.15, 0.2) is 41.6 Å². The molecule has 0 unspecified atom stereocenters. The second-order valence-electron chi connectivity index (χ2n) is 4.37. The number of nitrogens with zero attached hydrogens (tertiary/aromatic N) is 2. The summed E-state index contributed by atoms with van der Waals surface area (Å²) in [5.74, 6) is -0.0684. The summed E-state index contributed by atoms with van der Waals surface area (Å²) < 4.78 is 65.6. The Morgan fingerprint density at radius 1 is 1.21 bits per heavy atom. The van der Waals surface area contributed by atoms with Crippen molar-refractivity contribution >= 4 is 23.6 Å². The molecule has 0 aliphatic heterocycles. The molecule has 2 aromatic rings. The summed E-state index contributed by atoms with van der Waals surface area (Å²) in [6, 6.07) is 6.28. The SMILES string of the molecule is FC(F)Oc1ccc(C=NNc2ncc(C(F)(F)F)cc2Cl)cc1. The standard InChI is InChI=1S/C14H9ClF5N3O/c15-11-5-9(14(18,19)20)7-21-12(11)23-22-6-8-1-3-10(4-2-8)24-13(16)17/h1-7,13H,(H,21,23). The predicted octanol–water partition coefficient (Wildman–Crippen LogP) is 4.80. The first kappa shape index (κ1) is 17.9. The van der Waals surface area contributed by atoms with Crippen molar-refractivity contribution < 1.29 is 26.7 Å². The van der Waals surface area contributed by atoms with Crippen LogP contribution in [0.1, 0.15) is 11.1 Å². The minimum absolute atomic E-state index is 0.0115. The monoisotopic (exact) mass is 365 g/mol. The van der Waals surface area contributed by atoms with Crippen molar-refractivity contribution in [3.8, 4) is 5.75 Å². The average molecular weight is 366 g/mol. The van der Waals surface area contributed by atoms with E-state index in [2.05, 4.69) is 20.2 Å². The zero-order valence-corrected chi connectivity index (χ0v) is 12.4. The number of pyridine rings is 1. The molecule has 0 spiro atoms. The molecule has 0 fully saturated rings. The molecule has 0 radical (unpaired) electrons. The number of halogens is 6. The first-order valence-corrected chi connectivity index (χ1v) is 6.70. The largest absolute Gasteiger partial charge is 0.435 e. The van der Waals surface area contributed by atoms with Gasteiger partial charge < -0.3 is 4.74 Å². The van der Waals surface area contributed by atoms with Gasteiger partial charge in [-0.3, -0.25) is 5.43 Å². The van der Waals surface area contributed by atoms with Gasteiger partial charge in [-0.05, 0) is 35.9 Å². The number of rotatable bonds is 5. The van der Waals surface area contributed by atoms with Gasteiger partial charge in [0.25, 0.3) is 0 Å². The zero-order valence-electron chi connectivity index (χ0n) is 11.7. The summed E-state index contributed by atoms with van der Waals surface area (Å²) in [6.07, 6.45) is -2.61. The molecule has 4 nitrogen and oxygen atoms in total. The molecule has 0 saturated carbocycles. The van der Waals surface area contributed by atoms with E-state index in [4.69, 9.17) is 11.6 Å². The Bertz CT molecular complexity index is 719. The summed E-state index contributed by atoms with van der Waals surface area (Å²) in [6.45, 7) is -2.92. The van der Waals surface area contributed by atoms with Gasteiger partial charge in [0.1, 0.15) is 5.75 Å². The number of hydrogen-bond donors (Lipinski definition) is 1. The molecule has 0 aliphatic carbocycles. The molecule has 1 aromatic carbocycles. The van der Waals surface area contributed by atoms with Crippen LogP contribution in [0.5, 0.6) is 5.75 Å². The van der Waals surface area contributed by atoms with Gasteiger partial charge in [-0.2, -0.15) is 27.1 Å². The fourth-order valence-corrected chi connectivity index (χ4v) is 1.79. The van der Waals surface area contributed by atoms with E-state index in [0.29, 0.717) is 11.8 Å². The highest BCUT2D eigenvalue weighted by Gasteiger charge is 2.31. The van der Waals surface area contributed by atoms with Crippen LogP contribution in [0, 0.1) is 0 Å². The average Bonchev–Trinajstić information content (AvgIpc) is 2.49. The number of alkyl halides is 5. The molecule has 24 heavy (non-hydrogen) atoms. The molecular formula is C14H9ClF5N3O. The number of ether oxygens (including phenoxy) is 1. The van der Waals surface area contributed by atoms with E-state index in [1.807, 2.05) is 0 Å². The van der Waals surface area contributed by atoms with Crippen molar-refractivity contribution in [3.63, 3.8) is 0 Å². The molecule has 128 valence electrons. The topological polar surface area (TPSA) is 46.5 Å². The highest BCUT2D eigenvalue weighted by molar-refractivity contribution is 6.32. The van der Waals surface area contributed by atoms with Gasteiger partial charge in [-0.25, -0.2) is 4.98 Å². The Labute approximate surface area is 137 Å². The lowest BCUT2D eigenvalue weighted by atomic mass is 10.2. The van der Waals surface area contributed by atoms with Crippen LogP contribution in [0.4, 0.5) is 27.8 Å². The predicted molar refractivity (Wildman–Crippen MR) is 78.5 cm³/mol. The molecule has 0 bridgehead atoms. The first-order valence-electron chi connectivity index (χ1n) is 6.32. The number of hydrogen-bond acceptors (Lipinski definition) is 4. The van der Waals surface area contributed by atoms with Gasteiger partial charge in [0.15, 0.2) is 5.82 Å². The minimum atomic E-state index is -4.54. The van der Waals surface area contributed by atoms with Gasteiger partial charge in [0.05, 0.1) is 16.8 Å². The van der Waals surface area contributed by atoms with Crippen LogP contribution in [-0.2, 0) is 6.18 Å². The maximum atomic E-state index is 12.5. The summed E-state index contributed by atoms with van der Waals surface area (Å²) >= 11 is 5.70. The van der Waals surface area contributed by atoms with Crippen LogP contribution in [-0.4, -0.2) is 17.8 Å². The third-order valence-electron chi connectivity index (χ3n) is 2.66. The van der Waals surface area contributed by atoms with Crippen LogP contribution < -0.4 is 10.2 Å². The minimum Gasteiger partial charge on any atom is -0.435 e. The number of benzene rings is 1. The van der Waals surface area contributed by atoms with Crippen LogP contribution in [0.25, 0.3) is 0 Å². The Balaban J connectivity index is 2.01. The number of hydrazone groups is 1. The lowest BCUT2D eigenvalue weighted by Crippen LogP contribution is -2.06. The molecular weight excluding hydrogens is 357 g/mol. The number of nitrogens with one attached hydrogen (secondary N) is 1. The van der Waals surface area contributed by atoms with Gasteiger partial charge >= 0.3 is 12.8 Å². The Hall–Kier alpha value is -2.42. The normalized spacial score (nSPS) is 12.0. The highest BCUT2D eigenvalue weighted by Crippen LogP contribution is 2.32. The van der Waals surface area contributed by atoms with E-state index in [0.717, 1.165) is 6.07 Å². The smallest absolute Gasteiger partial charge is 0.417 e. The van der Waals surface area contributed by atoms with E-state index in [9.17, 15) is 22.0 Å². The van der Waals surface area contributed by atoms with Gasteiger partial charge in [0, 0.05) is 6.20 Å². The van der Waals surface area contributed by atoms with Crippen LogP contribution in [0.3, 0.4) is 0 Å². The second kappa shape index (κ2) is 7.43. The quantitative estimate of drug-likeness (QED) is 0.470. The molecule has 0 aliphatic rings. The molecule has 0 atom stereocenters. The van der Waals surface area contributed by atoms with Crippen LogP contribution in [0.2, 0.25) is 5.02 Å². The summed E-state index contributed by atoms with van der Waals surface area (Å²) in [7, 11) is 0. The molecule has 1 aromatic heterocycles. The summed E-state index contributed by atoms with van der Waals surface area (Å²) in [5.41, 5.74) is 1.95. The van der Waals surface area contributed by atoms with E-state index < -0.39 is 18.4 Å². The van der Waals surface area contributed by atoms with Crippen molar-refractivity contribution in [2.45, 2.75) is 12.8 Å². The van der Waals surface area contributed by atoms with Crippen molar-refractivity contribution in [2.24, 2.45) is 5.10 Å². The molecule has 1 N–H and O–H groups in total. The molecule has 0 amide bonds. The van der Waals surface area contributed by atoms with E-state index in [-0.39, 0.29) is 16.6 Å². The van der Waals surface area contributed by atoms with Crippen molar-refractivity contribution in [3.05, 3.63) is 52.7 Å². The lowest BCUT2D eigenvalue weighted by molar-refractivity contribution is -0.137. The molecule has 0 saturated heterocycles. The van der Waals surface area contributed by atoms with Crippen LogP contribution >= 0.6 is 11.6 Å². The van der Waals surface area contributed by atoms with E-state index in [1.54, 1.807) is 0 Å². The fourth-order valence-electron chi connectivity index (χ4n) is 1.58. The van der Waals surface area contributed by atoms with Gasteiger partial charge in [-0.1, -0.05) is 11.6 Å². The number of anilines is 1. The van der Waals surface area contributed by atoms with E-state index >= 15 is 0 Å². The third-order valence-corrected chi connectivity index (χ3v) is 2.95. The zero-order chi connectivity index (χ0) is 17.7. The third kappa shape index (κ3) is 5.05. The molecule has 1 heterocycles. The Morgan fingerprint density at radius 2 is 1.88 bits per heavy atom.